The number of hydrogen-bond acceptors (Lipinski definition) is 6. The van der Waals surface area contributed by atoms with E-state index in [0.29, 0.717) is 39.4 Å². The van der Waals surface area contributed by atoms with E-state index < -0.39 is 11.9 Å². The van der Waals surface area contributed by atoms with Gasteiger partial charge in [-0.3, -0.25) is 4.79 Å². The second-order valence-corrected chi connectivity index (χ2v) is 7.99. The highest BCUT2D eigenvalue weighted by Crippen LogP contribution is 2.37. The number of halogens is 1. The van der Waals surface area contributed by atoms with Gasteiger partial charge in [-0.1, -0.05) is 26.2 Å². The van der Waals surface area contributed by atoms with Gasteiger partial charge >= 0.3 is 5.97 Å². The molecule has 2 rings (SSSR count). The molecule has 7 nitrogen and oxygen atoms in total. The molecular formula is C25H27BrN2O5. The molecule has 0 radical (unpaired) electrons. The number of ether oxygens (including phenoxy) is 3. The highest BCUT2D eigenvalue weighted by molar-refractivity contribution is 9.10. The molecule has 0 bridgehead atoms. The fourth-order valence-corrected chi connectivity index (χ4v) is 3.56. The SMILES string of the molecule is CCCCCCOc1c(Br)cc(/C=C(/C#N)C(=O)Nc2ccc(C(=O)OC)cc2)cc1OC. The summed E-state index contributed by atoms with van der Waals surface area (Å²) in [4.78, 5) is 24.1. The topological polar surface area (TPSA) is 97.7 Å². The third-order valence-corrected chi connectivity index (χ3v) is 5.33. The molecule has 0 aliphatic carbocycles. The number of hydrogen-bond donors (Lipinski definition) is 1. The molecule has 1 N–H and O–H groups in total. The summed E-state index contributed by atoms with van der Waals surface area (Å²) in [5.41, 5.74) is 1.31. The van der Waals surface area contributed by atoms with Gasteiger partial charge in [-0.2, -0.15) is 5.26 Å². The van der Waals surface area contributed by atoms with Crippen LogP contribution in [0.15, 0.2) is 46.4 Å². The maximum atomic E-state index is 12.6. The molecule has 0 saturated heterocycles. The maximum Gasteiger partial charge on any atom is 0.337 e. The first kappa shape index (κ1) is 25.9. The van der Waals surface area contributed by atoms with Gasteiger partial charge in [0.25, 0.3) is 5.91 Å². The summed E-state index contributed by atoms with van der Waals surface area (Å²) in [7, 11) is 2.83. The van der Waals surface area contributed by atoms with Crippen LogP contribution in [0.4, 0.5) is 5.69 Å². The Bertz CT molecular complexity index is 1040. The smallest absolute Gasteiger partial charge is 0.337 e. The van der Waals surface area contributed by atoms with E-state index in [1.807, 2.05) is 6.07 Å². The zero-order valence-electron chi connectivity index (χ0n) is 18.9. The fourth-order valence-electron chi connectivity index (χ4n) is 2.99. The lowest BCUT2D eigenvalue weighted by atomic mass is 10.1. The first-order valence-electron chi connectivity index (χ1n) is 10.5. The molecule has 0 atom stereocenters. The number of benzene rings is 2. The number of carbonyl (C=O) groups excluding carboxylic acids is 2. The van der Waals surface area contributed by atoms with E-state index in [2.05, 4.69) is 32.9 Å². The maximum absolute atomic E-state index is 12.6. The number of amides is 1. The molecule has 1 amide bonds. The molecule has 0 unspecified atom stereocenters. The summed E-state index contributed by atoms with van der Waals surface area (Å²) in [6.45, 7) is 2.73. The lowest BCUT2D eigenvalue weighted by molar-refractivity contribution is -0.112. The average molecular weight is 515 g/mol. The molecular weight excluding hydrogens is 488 g/mol. The summed E-state index contributed by atoms with van der Waals surface area (Å²) in [6.07, 6.45) is 5.84. The van der Waals surface area contributed by atoms with Crippen molar-refractivity contribution < 1.29 is 23.8 Å². The Balaban J connectivity index is 2.15. The molecule has 0 saturated carbocycles. The molecule has 0 spiro atoms. The molecule has 0 aliphatic heterocycles. The minimum atomic E-state index is -0.574. The molecule has 2 aromatic carbocycles. The summed E-state index contributed by atoms with van der Waals surface area (Å²) >= 11 is 3.49. The zero-order chi connectivity index (χ0) is 24.2. The summed E-state index contributed by atoms with van der Waals surface area (Å²) < 4.78 is 16.7. The number of unbranched alkanes of at least 4 members (excludes halogenated alkanes) is 3. The van der Waals surface area contributed by atoms with Crippen molar-refractivity contribution in [1.82, 2.24) is 0 Å². The quantitative estimate of drug-likeness (QED) is 0.177. The first-order valence-corrected chi connectivity index (χ1v) is 11.3. The highest BCUT2D eigenvalue weighted by Gasteiger charge is 2.14. The Kier molecular flexibility index (Phi) is 10.4. The molecule has 8 heteroatoms. The van der Waals surface area contributed by atoms with Crippen molar-refractivity contribution in [3.63, 3.8) is 0 Å². The minimum absolute atomic E-state index is 0.0887. The van der Waals surface area contributed by atoms with Gasteiger partial charge in [0.15, 0.2) is 11.5 Å². The van der Waals surface area contributed by atoms with E-state index in [9.17, 15) is 14.9 Å². The third kappa shape index (κ3) is 7.65. The lowest BCUT2D eigenvalue weighted by Crippen LogP contribution is -2.13. The van der Waals surface area contributed by atoms with E-state index in [4.69, 9.17) is 9.47 Å². The highest BCUT2D eigenvalue weighted by atomic mass is 79.9. The summed E-state index contributed by atoms with van der Waals surface area (Å²) in [5.74, 6) is 0.0371. The average Bonchev–Trinajstić information content (AvgIpc) is 2.82. The van der Waals surface area contributed by atoms with Crippen LogP contribution in [0.25, 0.3) is 6.08 Å². The minimum Gasteiger partial charge on any atom is -0.493 e. The van der Waals surface area contributed by atoms with Crippen LogP contribution >= 0.6 is 15.9 Å². The molecule has 0 heterocycles. The van der Waals surface area contributed by atoms with E-state index in [1.165, 1.54) is 38.8 Å². The number of esters is 1. The number of nitriles is 1. The number of carbonyl (C=O) groups is 2. The molecule has 2 aromatic rings. The fraction of sp³-hybridized carbons (Fsp3) is 0.320. The number of anilines is 1. The van der Waals surface area contributed by atoms with Gasteiger partial charge in [0.2, 0.25) is 0 Å². The van der Waals surface area contributed by atoms with Crippen LogP contribution in [-0.2, 0) is 9.53 Å². The number of rotatable bonds is 11. The van der Waals surface area contributed by atoms with Gasteiger partial charge in [-0.25, -0.2) is 4.79 Å². The third-order valence-electron chi connectivity index (χ3n) is 4.74. The molecule has 174 valence electrons. The second-order valence-electron chi connectivity index (χ2n) is 7.14. The van der Waals surface area contributed by atoms with E-state index >= 15 is 0 Å². The molecule has 0 fully saturated rings. The Morgan fingerprint density at radius 1 is 1.12 bits per heavy atom. The van der Waals surface area contributed by atoms with Crippen LogP contribution < -0.4 is 14.8 Å². The monoisotopic (exact) mass is 514 g/mol. The van der Waals surface area contributed by atoms with Crippen LogP contribution in [0.1, 0.15) is 48.5 Å². The normalized spacial score (nSPS) is 10.8. The first-order chi connectivity index (χ1) is 15.9. The largest absolute Gasteiger partial charge is 0.493 e. The van der Waals surface area contributed by atoms with Crippen LogP contribution in [0, 0.1) is 11.3 Å². The van der Waals surface area contributed by atoms with E-state index in [-0.39, 0.29) is 5.57 Å². The van der Waals surface area contributed by atoms with Crippen molar-refractivity contribution in [2.24, 2.45) is 0 Å². The zero-order valence-corrected chi connectivity index (χ0v) is 20.5. The number of nitrogens with zero attached hydrogens (tertiary/aromatic N) is 1. The van der Waals surface area contributed by atoms with Gasteiger partial charge in [0.1, 0.15) is 11.6 Å². The van der Waals surface area contributed by atoms with Gasteiger partial charge in [0.05, 0.1) is 30.9 Å². The number of methoxy groups -OCH3 is 2. The lowest BCUT2D eigenvalue weighted by Gasteiger charge is -2.14. The Morgan fingerprint density at radius 2 is 1.85 bits per heavy atom. The predicted octanol–water partition coefficient (Wildman–Crippen LogP) is 5.75. The Morgan fingerprint density at radius 3 is 2.45 bits per heavy atom. The van der Waals surface area contributed by atoms with Crippen molar-refractivity contribution in [3.8, 4) is 17.6 Å². The van der Waals surface area contributed by atoms with Crippen LogP contribution in [0.5, 0.6) is 11.5 Å². The summed E-state index contributed by atoms with van der Waals surface area (Å²) in [6, 6.07) is 11.6. The molecule has 0 aliphatic rings. The summed E-state index contributed by atoms with van der Waals surface area (Å²) in [5, 5.41) is 12.2. The van der Waals surface area contributed by atoms with Crippen molar-refractivity contribution in [2.45, 2.75) is 32.6 Å². The van der Waals surface area contributed by atoms with Crippen molar-refractivity contribution in [1.29, 1.82) is 5.26 Å². The van der Waals surface area contributed by atoms with E-state index in [0.717, 1.165) is 19.3 Å². The Labute approximate surface area is 202 Å². The Hall–Kier alpha value is -3.31. The molecule has 33 heavy (non-hydrogen) atoms. The number of nitrogens with one attached hydrogen (secondary N) is 1. The van der Waals surface area contributed by atoms with Gasteiger partial charge in [-0.05, 0) is 70.4 Å². The van der Waals surface area contributed by atoms with Crippen LogP contribution in [0.2, 0.25) is 0 Å². The van der Waals surface area contributed by atoms with Gasteiger partial charge < -0.3 is 19.5 Å². The van der Waals surface area contributed by atoms with Gasteiger partial charge in [0, 0.05) is 5.69 Å². The van der Waals surface area contributed by atoms with Crippen molar-refractivity contribution in [2.75, 3.05) is 26.1 Å². The van der Waals surface area contributed by atoms with Crippen LogP contribution in [-0.4, -0.2) is 32.7 Å². The van der Waals surface area contributed by atoms with Crippen molar-refractivity contribution >= 4 is 39.6 Å². The second kappa shape index (κ2) is 13.3. The predicted molar refractivity (Wildman–Crippen MR) is 130 cm³/mol. The standard InChI is InChI=1S/C25H27BrN2O5/c1-4-5-6-7-12-33-23-21(26)14-17(15-22(23)31-2)13-19(16-27)24(29)28-20-10-8-18(9-11-20)25(30)32-3/h8-11,13-15H,4-7,12H2,1-3H3,(H,28,29)/b19-13-. The van der Waals surface area contributed by atoms with E-state index in [1.54, 1.807) is 24.3 Å². The molecule has 0 aromatic heterocycles. The van der Waals surface area contributed by atoms with Gasteiger partial charge in [-0.15, -0.1) is 0 Å². The van der Waals surface area contributed by atoms with Crippen molar-refractivity contribution in [3.05, 3.63) is 57.6 Å². The van der Waals surface area contributed by atoms with Crippen LogP contribution in [0.3, 0.4) is 0 Å².